The minimum atomic E-state index is -0.282. The molecule has 0 radical (unpaired) electrons. The van der Waals surface area contributed by atoms with Crippen molar-refractivity contribution in [3.63, 3.8) is 0 Å². The van der Waals surface area contributed by atoms with E-state index in [1.807, 2.05) is 48.5 Å². The monoisotopic (exact) mass is 418 g/mol. The van der Waals surface area contributed by atoms with E-state index in [1.165, 1.54) is 6.21 Å². The maximum atomic E-state index is 12.8. The maximum Gasteiger partial charge on any atom is 0.274 e. The molecule has 2 N–H and O–H groups in total. The average molecular weight is 419 g/mol. The van der Waals surface area contributed by atoms with E-state index in [0.717, 1.165) is 26.5 Å². The molecule has 4 rings (SSSR count). The van der Waals surface area contributed by atoms with Crippen molar-refractivity contribution in [2.45, 2.75) is 0 Å². The quantitative estimate of drug-likeness (QED) is 0.436. The van der Waals surface area contributed by atoms with Crippen molar-refractivity contribution < 1.29 is 5.11 Å². The van der Waals surface area contributed by atoms with E-state index in [0.29, 0.717) is 11.3 Å². The number of phenols is 1. The Bertz CT molecular complexity index is 1210. The molecule has 4 aromatic rings. The van der Waals surface area contributed by atoms with E-state index in [9.17, 15) is 9.90 Å². The molecule has 0 fully saturated rings. The minimum absolute atomic E-state index is 0.113. The first-order valence-corrected chi connectivity index (χ1v) is 9.16. The van der Waals surface area contributed by atoms with Gasteiger partial charge in [0.25, 0.3) is 5.56 Å². The Kier molecular flexibility index (Phi) is 4.60. The number of nitrogens with one attached hydrogen (secondary N) is 1. The van der Waals surface area contributed by atoms with Crippen molar-refractivity contribution in [3.8, 4) is 16.9 Å². The van der Waals surface area contributed by atoms with E-state index in [2.05, 4.69) is 25.9 Å². The molecule has 0 bridgehead atoms. The van der Waals surface area contributed by atoms with Gasteiger partial charge in [-0.2, -0.15) is 0 Å². The maximum absolute atomic E-state index is 12.8. The molecule has 0 amide bonds. The normalized spacial score (nSPS) is 11.3. The predicted octanol–water partition coefficient (Wildman–Crippen LogP) is 5.41. The summed E-state index contributed by atoms with van der Waals surface area (Å²) in [6.45, 7) is 0. The number of benzene rings is 3. The molecule has 0 aliphatic carbocycles. The molecule has 0 spiro atoms. The predicted molar refractivity (Wildman–Crippen MR) is 113 cm³/mol. The lowest BCUT2D eigenvalue weighted by atomic mass is 9.99. The topological polar surface area (TPSA) is 65.5 Å². The molecule has 0 aliphatic heterocycles. The van der Waals surface area contributed by atoms with Crippen molar-refractivity contribution in [1.29, 1.82) is 0 Å². The number of aromatic amines is 1. The first kappa shape index (κ1) is 17.2. The Hall–Kier alpha value is -3.18. The number of aromatic hydroxyl groups is 1. The number of fused-ring (bicyclic) bond motifs is 1. The van der Waals surface area contributed by atoms with Crippen LogP contribution in [0.3, 0.4) is 0 Å². The lowest BCUT2D eigenvalue weighted by Crippen LogP contribution is -2.07. The standard InChI is InChI=1S/C22H15BrN2O2/c23-16-10-11-18-17(12-16)20(14-6-2-1-3-7-14)21(22(27)25-18)24-13-15-8-4-5-9-19(15)26/h1-13,26H,(H,25,27). The Labute approximate surface area is 164 Å². The second-order valence-electron chi connectivity index (χ2n) is 6.05. The number of hydrogen-bond donors (Lipinski definition) is 2. The molecule has 0 aliphatic rings. The molecule has 4 nitrogen and oxygen atoms in total. The molecule has 1 heterocycles. The van der Waals surface area contributed by atoms with Crippen LogP contribution in [0.25, 0.3) is 22.0 Å². The summed E-state index contributed by atoms with van der Waals surface area (Å²) in [5, 5.41) is 10.9. The van der Waals surface area contributed by atoms with Crippen molar-refractivity contribution in [2.24, 2.45) is 4.99 Å². The van der Waals surface area contributed by atoms with Crippen LogP contribution in [-0.4, -0.2) is 16.3 Å². The van der Waals surface area contributed by atoms with Gasteiger partial charge in [0.2, 0.25) is 0 Å². The summed E-state index contributed by atoms with van der Waals surface area (Å²) in [5.41, 5.74) is 2.96. The second-order valence-corrected chi connectivity index (χ2v) is 6.97. The van der Waals surface area contributed by atoms with E-state index < -0.39 is 0 Å². The van der Waals surface area contributed by atoms with Crippen molar-refractivity contribution >= 4 is 38.7 Å². The fourth-order valence-corrected chi connectivity index (χ4v) is 3.37. The zero-order chi connectivity index (χ0) is 18.8. The summed E-state index contributed by atoms with van der Waals surface area (Å²) < 4.78 is 0.912. The van der Waals surface area contributed by atoms with Gasteiger partial charge in [0.15, 0.2) is 0 Å². The number of H-pyrrole nitrogens is 1. The number of phenolic OH excluding ortho intramolecular Hbond substituents is 1. The van der Waals surface area contributed by atoms with Gasteiger partial charge >= 0.3 is 0 Å². The number of aromatic nitrogens is 1. The highest BCUT2D eigenvalue weighted by atomic mass is 79.9. The molecule has 0 saturated carbocycles. The Morgan fingerprint density at radius 1 is 0.963 bits per heavy atom. The van der Waals surface area contributed by atoms with Crippen molar-refractivity contribution in [2.75, 3.05) is 0 Å². The van der Waals surface area contributed by atoms with Crippen LogP contribution >= 0.6 is 15.9 Å². The van der Waals surface area contributed by atoms with Gasteiger partial charge in [0.05, 0.1) is 0 Å². The zero-order valence-electron chi connectivity index (χ0n) is 14.2. The van der Waals surface area contributed by atoms with Gasteiger partial charge < -0.3 is 10.1 Å². The lowest BCUT2D eigenvalue weighted by molar-refractivity contribution is 0.474. The van der Waals surface area contributed by atoms with Gasteiger partial charge in [-0.05, 0) is 35.9 Å². The Balaban J connectivity index is 2.01. The number of pyridine rings is 1. The number of nitrogens with zero attached hydrogens (tertiary/aromatic N) is 1. The van der Waals surface area contributed by atoms with Crippen LogP contribution in [0.5, 0.6) is 5.75 Å². The third-order valence-electron chi connectivity index (χ3n) is 4.28. The third kappa shape index (κ3) is 3.41. The molecular formula is C22H15BrN2O2. The van der Waals surface area contributed by atoms with Gasteiger partial charge in [-0.3, -0.25) is 4.79 Å². The highest BCUT2D eigenvalue weighted by molar-refractivity contribution is 9.10. The summed E-state index contributed by atoms with van der Waals surface area (Å²) >= 11 is 3.50. The summed E-state index contributed by atoms with van der Waals surface area (Å²) in [6, 6.07) is 22.3. The summed E-state index contributed by atoms with van der Waals surface area (Å²) in [5.74, 6) is 0.113. The zero-order valence-corrected chi connectivity index (χ0v) is 15.8. The molecule has 3 aromatic carbocycles. The highest BCUT2D eigenvalue weighted by Gasteiger charge is 2.14. The first-order valence-electron chi connectivity index (χ1n) is 8.36. The lowest BCUT2D eigenvalue weighted by Gasteiger charge is -2.10. The van der Waals surface area contributed by atoms with Gasteiger partial charge in [0, 0.05) is 32.7 Å². The molecule has 0 unspecified atom stereocenters. The fraction of sp³-hybridized carbons (Fsp3) is 0. The number of halogens is 1. The van der Waals surface area contributed by atoms with Crippen LogP contribution in [0.4, 0.5) is 5.69 Å². The number of para-hydroxylation sites is 1. The Morgan fingerprint density at radius 3 is 2.48 bits per heavy atom. The Morgan fingerprint density at radius 2 is 1.70 bits per heavy atom. The van der Waals surface area contributed by atoms with Gasteiger partial charge in [-0.25, -0.2) is 4.99 Å². The van der Waals surface area contributed by atoms with E-state index >= 15 is 0 Å². The molecule has 132 valence electrons. The molecular weight excluding hydrogens is 404 g/mol. The molecule has 0 atom stereocenters. The fourth-order valence-electron chi connectivity index (χ4n) is 3.01. The van der Waals surface area contributed by atoms with Gasteiger partial charge in [-0.15, -0.1) is 0 Å². The summed E-state index contributed by atoms with van der Waals surface area (Å²) in [7, 11) is 0. The minimum Gasteiger partial charge on any atom is -0.507 e. The number of hydrogen-bond acceptors (Lipinski definition) is 3. The van der Waals surface area contributed by atoms with Crippen molar-refractivity contribution in [1.82, 2.24) is 4.98 Å². The van der Waals surface area contributed by atoms with Crippen LogP contribution in [0.15, 0.2) is 87.1 Å². The van der Waals surface area contributed by atoms with Crippen LogP contribution in [-0.2, 0) is 0 Å². The SMILES string of the molecule is O=c1[nH]c2ccc(Br)cc2c(-c2ccccc2)c1N=Cc1ccccc1O. The number of rotatable bonds is 3. The highest BCUT2D eigenvalue weighted by Crippen LogP contribution is 2.35. The number of aliphatic imine (C=N–C) groups is 1. The molecule has 5 heteroatoms. The van der Waals surface area contributed by atoms with Crippen LogP contribution in [0, 0.1) is 0 Å². The molecule has 27 heavy (non-hydrogen) atoms. The van der Waals surface area contributed by atoms with Gasteiger partial charge in [0.1, 0.15) is 11.4 Å². The smallest absolute Gasteiger partial charge is 0.274 e. The van der Waals surface area contributed by atoms with E-state index in [4.69, 9.17) is 0 Å². The van der Waals surface area contributed by atoms with Crippen LogP contribution < -0.4 is 5.56 Å². The first-order chi connectivity index (χ1) is 13.1. The molecule has 0 saturated heterocycles. The van der Waals surface area contributed by atoms with Gasteiger partial charge in [-0.1, -0.05) is 58.4 Å². The van der Waals surface area contributed by atoms with Crippen LogP contribution in [0.1, 0.15) is 5.56 Å². The largest absolute Gasteiger partial charge is 0.507 e. The third-order valence-corrected chi connectivity index (χ3v) is 4.78. The summed E-state index contributed by atoms with van der Waals surface area (Å²) in [4.78, 5) is 20.1. The second kappa shape index (κ2) is 7.21. The van der Waals surface area contributed by atoms with E-state index in [1.54, 1.807) is 24.3 Å². The van der Waals surface area contributed by atoms with E-state index in [-0.39, 0.29) is 11.3 Å². The molecule has 1 aromatic heterocycles. The summed E-state index contributed by atoms with van der Waals surface area (Å²) in [6.07, 6.45) is 1.51. The average Bonchev–Trinajstić information content (AvgIpc) is 2.68. The van der Waals surface area contributed by atoms with Crippen LogP contribution in [0.2, 0.25) is 0 Å². The van der Waals surface area contributed by atoms with Crippen molar-refractivity contribution in [3.05, 3.63) is 93.2 Å².